The Kier molecular flexibility index (Phi) is 38.1. The molecule has 2 saturated heterocycles. The van der Waals surface area contributed by atoms with Crippen molar-refractivity contribution in [3.8, 4) is 0 Å². The number of hydrogen-bond donors (Lipinski definition) is 9. The van der Waals surface area contributed by atoms with Gasteiger partial charge in [-0.3, -0.25) is 4.79 Å². The molecule has 402 valence electrons. The molecular weight excluding hydrogens is 871 g/mol. The smallest absolute Gasteiger partial charge is 0.220 e. The van der Waals surface area contributed by atoms with Gasteiger partial charge in [0.15, 0.2) is 12.6 Å². The van der Waals surface area contributed by atoms with Crippen molar-refractivity contribution < 1.29 is 64.6 Å². The standard InChI is InChI=1S/C54H103NO13/c1-3-5-7-9-11-13-15-17-18-19-20-21-22-23-24-26-28-30-32-34-36-38-46(59)55-42(43(58)37-35-33-31-29-27-25-16-14-12-10-8-6-4-2)41-65-53-51(64)49(62)52(45(40-57)67-53)68-54-50(63)48(61)47(60)44(39-56)66-54/h35,37,42-45,47-54,56-58,60-64H,3-34,36,38-41H2,1-2H3,(H,55,59)/b37-35+/t42-,43+,44?,45?,47-,48?,49+,50-,51?,52+,53+,54-/m0/s1. The van der Waals surface area contributed by atoms with Gasteiger partial charge in [-0.1, -0.05) is 219 Å². The third kappa shape index (κ3) is 27.5. The van der Waals surface area contributed by atoms with Gasteiger partial charge in [0.2, 0.25) is 5.91 Å². The van der Waals surface area contributed by atoms with E-state index in [1.54, 1.807) is 6.08 Å². The normalized spacial score (nSPS) is 26.4. The largest absolute Gasteiger partial charge is 0.394 e. The Morgan fingerprint density at radius 2 is 0.912 bits per heavy atom. The van der Waals surface area contributed by atoms with E-state index >= 15 is 0 Å². The van der Waals surface area contributed by atoms with Crippen LogP contribution in [0.4, 0.5) is 0 Å². The van der Waals surface area contributed by atoms with Crippen molar-refractivity contribution in [2.24, 2.45) is 0 Å². The van der Waals surface area contributed by atoms with Crippen LogP contribution in [0.1, 0.15) is 232 Å². The first-order chi connectivity index (χ1) is 33.1. The summed E-state index contributed by atoms with van der Waals surface area (Å²) < 4.78 is 22.7. The molecule has 14 nitrogen and oxygen atoms in total. The molecule has 2 aliphatic heterocycles. The summed E-state index contributed by atoms with van der Waals surface area (Å²) in [5.74, 6) is -0.236. The van der Waals surface area contributed by atoms with Crippen LogP contribution in [-0.2, 0) is 23.7 Å². The summed E-state index contributed by atoms with van der Waals surface area (Å²) in [7, 11) is 0. The van der Waals surface area contributed by atoms with Crippen molar-refractivity contribution in [3.05, 3.63) is 12.2 Å². The highest BCUT2D eigenvalue weighted by atomic mass is 16.7. The summed E-state index contributed by atoms with van der Waals surface area (Å²) in [6.07, 6.45) is 28.2. The first-order valence-corrected chi connectivity index (χ1v) is 27.9. The maximum absolute atomic E-state index is 13.2. The van der Waals surface area contributed by atoms with Gasteiger partial charge in [0, 0.05) is 6.42 Å². The van der Waals surface area contributed by atoms with Crippen LogP contribution in [0.3, 0.4) is 0 Å². The predicted octanol–water partition coefficient (Wildman–Crippen LogP) is 8.33. The van der Waals surface area contributed by atoms with Crippen molar-refractivity contribution in [1.82, 2.24) is 5.32 Å². The van der Waals surface area contributed by atoms with Crippen LogP contribution in [0, 0.1) is 0 Å². The van der Waals surface area contributed by atoms with Crippen LogP contribution in [-0.4, -0.2) is 140 Å². The molecule has 0 saturated carbocycles. The quantitative estimate of drug-likeness (QED) is 0.0207. The van der Waals surface area contributed by atoms with Gasteiger partial charge in [0.05, 0.1) is 32.0 Å². The topological polar surface area (TPSA) is 228 Å². The Morgan fingerprint density at radius 1 is 0.515 bits per heavy atom. The molecule has 2 heterocycles. The van der Waals surface area contributed by atoms with Crippen molar-refractivity contribution >= 4 is 5.91 Å². The van der Waals surface area contributed by atoms with E-state index in [2.05, 4.69) is 19.2 Å². The van der Waals surface area contributed by atoms with Gasteiger partial charge in [-0.05, 0) is 19.3 Å². The Balaban J connectivity index is 1.77. The molecule has 0 aromatic carbocycles. The third-order valence-electron chi connectivity index (χ3n) is 14.0. The summed E-state index contributed by atoms with van der Waals surface area (Å²) in [5.41, 5.74) is 0. The lowest BCUT2D eigenvalue weighted by molar-refractivity contribution is -0.359. The second kappa shape index (κ2) is 41.2. The minimum absolute atomic E-state index is 0.236. The maximum Gasteiger partial charge on any atom is 0.220 e. The average Bonchev–Trinajstić information content (AvgIpc) is 3.34. The van der Waals surface area contributed by atoms with E-state index in [0.29, 0.717) is 6.42 Å². The molecule has 9 N–H and O–H groups in total. The number of ether oxygens (including phenoxy) is 4. The second-order valence-electron chi connectivity index (χ2n) is 20.1. The molecule has 0 radical (unpaired) electrons. The van der Waals surface area contributed by atoms with Gasteiger partial charge < -0.3 is 65.1 Å². The number of hydrogen-bond acceptors (Lipinski definition) is 13. The molecule has 0 aromatic heterocycles. The Bertz CT molecular complexity index is 1200. The van der Waals surface area contributed by atoms with Gasteiger partial charge in [-0.2, -0.15) is 0 Å². The molecule has 2 aliphatic rings. The van der Waals surface area contributed by atoms with E-state index in [1.165, 1.54) is 167 Å². The van der Waals surface area contributed by atoms with Gasteiger partial charge in [0.1, 0.15) is 48.8 Å². The number of rotatable bonds is 44. The van der Waals surface area contributed by atoms with E-state index in [4.69, 9.17) is 18.9 Å². The molecule has 1 amide bonds. The third-order valence-corrected chi connectivity index (χ3v) is 14.0. The van der Waals surface area contributed by atoms with Crippen LogP contribution in [0.5, 0.6) is 0 Å². The van der Waals surface area contributed by atoms with Gasteiger partial charge >= 0.3 is 0 Å². The second-order valence-corrected chi connectivity index (χ2v) is 20.1. The molecule has 0 aromatic rings. The van der Waals surface area contributed by atoms with E-state index in [1.807, 2.05) is 6.08 Å². The van der Waals surface area contributed by atoms with E-state index in [-0.39, 0.29) is 18.9 Å². The highest BCUT2D eigenvalue weighted by molar-refractivity contribution is 5.76. The van der Waals surface area contributed by atoms with Gasteiger partial charge in [-0.15, -0.1) is 0 Å². The zero-order valence-electron chi connectivity index (χ0n) is 42.9. The van der Waals surface area contributed by atoms with E-state index in [9.17, 15) is 45.6 Å². The number of carbonyl (C=O) groups excluding carboxylic acids is 1. The zero-order chi connectivity index (χ0) is 49.6. The molecule has 0 bridgehead atoms. The van der Waals surface area contributed by atoms with Crippen LogP contribution in [0.15, 0.2) is 12.2 Å². The zero-order valence-corrected chi connectivity index (χ0v) is 42.9. The molecule has 14 heteroatoms. The summed E-state index contributed by atoms with van der Waals surface area (Å²) in [6.45, 7) is 2.81. The molecule has 0 aliphatic carbocycles. The van der Waals surface area contributed by atoms with Crippen LogP contribution >= 0.6 is 0 Å². The minimum atomic E-state index is -1.78. The lowest BCUT2D eigenvalue weighted by Crippen LogP contribution is -2.65. The van der Waals surface area contributed by atoms with Crippen molar-refractivity contribution in [2.45, 2.75) is 306 Å². The van der Waals surface area contributed by atoms with Gasteiger partial charge in [0.25, 0.3) is 0 Å². The summed E-state index contributed by atoms with van der Waals surface area (Å²) in [4.78, 5) is 13.2. The number of aliphatic hydroxyl groups excluding tert-OH is 8. The first-order valence-electron chi connectivity index (χ1n) is 27.9. The number of carbonyl (C=O) groups is 1. The predicted molar refractivity (Wildman–Crippen MR) is 268 cm³/mol. The monoisotopic (exact) mass is 974 g/mol. The molecule has 68 heavy (non-hydrogen) atoms. The highest BCUT2D eigenvalue weighted by Crippen LogP contribution is 2.30. The maximum atomic E-state index is 13.2. The molecule has 12 atom stereocenters. The highest BCUT2D eigenvalue weighted by Gasteiger charge is 2.51. The Hall–Kier alpha value is -1.27. The lowest BCUT2D eigenvalue weighted by atomic mass is 9.97. The SMILES string of the molecule is CCCCCCCCCCCCC/C=C/[C@@H](O)[C@H](CO[C@@H]1OC(CO)[C@@H](O[C@@H]2OC(CO)[C@H](O)C(O)[C@@H]2O)[C@H](O)C1O)NC(=O)CCCCCCCCCCCCCCCCCCCCCCC. The molecule has 4 unspecified atom stereocenters. The lowest BCUT2D eigenvalue weighted by Gasteiger charge is -2.46. The first kappa shape index (κ1) is 62.8. The van der Waals surface area contributed by atoms with Crippen molar-refractivity contribution in [1.29, 1.82) is 0 Å². The average molecular weight is 974 g/mol. The van der Waals surface area contributed by atoms with E-state index in [0.717, 1.165) is 38.5 Å². The number of amides is 1. The molecule has 0 spiro atoms. The summed E-state index contributed by atoms with van der Waals surface area (Å²) >= 11 is 0. The van der Waals surface area contributed by atoms with Crippen LogP contribution in [0.25, 0.3) is 0 Å². The van der Waals surface area contributed by atoms with Gasteiger partial charge in [-0.25, -0.2) is 0 Å². The minimum Gasteiger partial charge on any atom is -0.394 e. The van der Waals surface area contributed by atoms with E-state index < -0.39 is 86.8 Å². The fourth-order valence-corrected chi connectivity index (χ4v) is 9.41. The Labute approximate surface area is 412 Å². The number of aliphatic hydroxyl groups is 8. The fraction of sp³-hybridized carbons (Fsp3) is 0.944. The number of nitrogens with one attached hydrogen (secondary N) is 1. The number of allylic oxidation sites excluding steroid dienone is 1. The van der Waals surface area contributed by atoms with Crippen molar-refractivity contribution in [3.63, 3.8) is 0 Å². The van der Waals surface area contributed by atoms with Crippen LogP contribution < -0.4 is 5.32 Å². The molecule has 2 rings (SSSR count). The number of unbranched alkanes of at least 4 members (excludes halogenated alkanes) is 31. The molecular formula is C54H103NO13. The Morgan fingerprint density at radius 3 is 1.35 bits per heavy atom. The summed E-state index contributed by atoms with van der Waals surface area (Å²) in [6, 6.07) is -0.908. The summed E-state index contributed by atoms with van der Waals surface area (Å²) in [5, 5.41) is 86.9. The van der Waals surface area contributed by atoms with Crippen molar-refractivity contribution in [2.75, 3.05) is 19.8 Å². The van der Waals surface area contributed by atoms with Crippen LogP contribution in [0.2, 0.25) is 0 Å². The molecule has 2 fully saturated rings. The fourth-order valence-electron chi connectivity index (χ4n) is 9.41.